The average Bonchev–Trinajstić information content (AvgIpc) is 3.46. The number of hydrogen-bond donors (Lipinski definition) is 2. The van der Waals surface area contributed by atoms with Crippen LogP contribution in [-0.4, -0.2) is 35.1 Å². The van der Waals surface area contributed by atoms with E-state index in [0.717, 1.165) is 89.5 Å². The Hall–Kier alpha value is -2.80. The van der Waals surface area contributed by atoms with E-state index in [4.69, 9.17) is 9.47 Å². The van der Waals surface area contributed by atoms with Gasteiger partial charge in [-0.3, -0.25) is 0 Å². The van der Waals surface area contributed by atoms with Gasteiger partial charge in [-0.05, 0) is 130 Å². The van der Waals surface area contributed by atoms with Crippen molar-refractivity contribution in [2.24, 2.45) is 0 Å². The topological polar surface area (TPSA) is 84.2 Å². The zero-order chi connectivity index (χ0) is 27.0. The van der Waals surface area contributed by atoms with Crippen LogP contribution in [0.25, 0.3) is 0 Å². The number of carbonyl (C=O) groups is 2. The smallest absolute Gasteiger partial charge is 0.355 e. The fourth-order valence-corrected chi connectivity index (χ4v) is 7.27. The molecule has 0 radical (unpaired) electrons. The maximum Gasteiger partial charge on any atom is 0.355 e. The fourth-order valence-electron chi connectivity index (χ4n) is 6.59. The van der Waals surface area contributed by atoms with Crippen LogP contribution in [-0.2, 0) is 35.2 Å². The number of aryl methyl sites for hydroxylation is 2. The Kier molecular flexibility index (Phi) is 7.85. The van der Waals surface area contributed by atoms with E-state index in [1.54, 1.807) is 0 Å². The Balaban J connectivity index is 1.80. The highest BCUT2D eigenvalue weighted by atomic mass is 79.9. The SMILES string of the molecule is CCOC(=O)c1[nH]c(C(c2[nH]c(C(=O)OCC)c3c2CCCC3)c2c(C)cc(Br)cc2C)c2c1CCCC2. The van der Waals surface area contributed by atoms with Gasteiger partial charge >= 0.3 is 11.9 Å². The van der Waals surface area contributed by atoms with E-state index >= 15 is 0 Å². The van der Waals surface area contributed by atoms with Gasteiger partial charge in [-0.2, -0.15) is 0 Å². The molecule has 2 heterocycles. The number of benzene rings is 1. The number of aromatic nitrogens is 2. The Morgan fingerprint density at radius 3 is 1.55 bits per heavy atom. The van der Waals surface area contributed by atoms with E-state index in [1.165, 1.54) is 16.7 Å². The van der Waals surface area contributed by atoms with Gasteiger partial charge in [0.25, 0.3) is 0 Å². The van der Waals surface area contributed by atoms with Crippen LogP contribution in [0.15, 0.2) is 16.6 Å². The van der Waals surface area contributed by atoms with Crippen LogP contribution < -0.4 is 0 Å². The van der Waals surface area contributed by atoms with E-state index in [0.29, 0.717) is 24.6 Å². The third kappa shape index (κ3) is 4.74. The number of carbonyl (C=O) groups excluding carboxylic acids is 2. The molecule has 202 valence electrons. The fraction of sp³-hybridized carbons (Fsp3) is 0.484. The first-order valence-electron chi connectivity index (χ1n) is 13.9. The minimum absolute atomic E-state index is 0.173. The molecular formula is C31H37BrN2O4. The maximum atomic E-state index is 13.1. The first kappa shape index (κ1) is 26.8. The van der Waals surface area contributed by atoms with Crippen LogP contribution in [0.3, 0.4) is 0 Å². The largest absolute Gasteiger partial charge is 0.461 e. The number of rotatable bonds is 7. The molecule has 2 aliphatic rings. The quantitative estimate of drug-likeness (QED) is 0.294. The minimum atomic E-state index is -0.291. The van der Waals surface area contributed by atoms with E-state index in [9.17, 15) is 9.59 Å². The van der Waals surface area contributed by atoms with Crippen LogP contribution in [0.4, 0.5) is 0 Å². The average molecular weight is 582 g/mol. The van der Waals surface area contributed by atoms with Crippen molar-refractivity contribution in [2.75, 3.05) is 13.2 Å². The molecule has 0 amide bonds. The second kappa shape index (κ2) is 11.1. The molecule has 0 fully saturated rings. The normalized spacial score (nSPS) is 14.8. The molecule has 0 unspecified atom stereocenters. The zero-order valence-corrected chi connectivity index (χ0v) is 24.4. The molecule has 5 rings (SSSR count). The molecule has 2 aromatic heterocycles. The number of H-pyrrole nitrogens is 2. The Bertz CT molecular complexity index is 1280. The van der Waals surface area contributed by atoms with Crippen LogP contribution in [0.2, 0.25) is 0 Å². The van der Waals surface area contributed by atoms with Crippen molar-refractivity contribution in [3.63, 3.8) is 0 Å². The van der Waals surface area contributed by atoms with Crippen LogP contribution in [0.1, 0.15) is 117 Å². The molecule has 2 aliphatic carbocycles. The Morgan fingerprint density at radius 2 is 1.16 bits per heavy atom. The predicted octanol–water partition coefficient (Wildman–Crippen LogP) is 7.01. The van der Waals surface area contributed by atoms with Gasteiger partial charge in [0.1, 0.15) is 11.4 Å². The highest BCUT2D eigenvalue weighted by Crippen LogP contribution is 2.44. The molecule has 1 aromatic carbocycles. The number of hydrogen-bond acceptors (Lipinski definition) is 4. The van der Waals surface area contributed by atoms with E-state index < -0.39 is 0 Å². The van der Waals surface area contributed by atoms with E-state index in [2.05, 4.69) is 51.9 Å². The lowest BCUT2D eigenvalue weighted by Gasteiger charge is -2.26. The highest BCUT2D eigenvalue weighted by Gasteiger charge is 2.36. The molecule has 0 atom stereocenters. The van der Waals surface area contributed by atoms with Gasteiger partial charge in [0.05, 0.1) is 19.1 Å². The standard InChI is InChI=1S/C31H37BrN2O4/c1-5-37-30(35)28-22-13-9-7-11-20(22)26(33-28)25(24-17(3)15-19(32)16-18(24)4)27-21-12-8-10-14-23(21)29(34-27)31(36)38-6-2/h15-16,25,33-34H,5-14H2,1-4H3. The summed E-state index contributed by atoms with van der Waals surface area (Å²) < 4.78 is 12.0. The summed E-state index contributed by atoms with van der Waals surface area (Å²) in [5.74, 6) is -0.755. The lowest BCUT2D eigenvalue weighted by Crippen LogP contribution is -2.15. The summed E-state index contributed by atoms with van der Waals surface area (Å²) in [7, 11) is 0. The Morgan fingerprint density at radius 1 is 0.763 bits per heavy atom. The Labute approximate surface area is 233 Å². The highest BCUT2D eigenvalue weighted by molar-refractivity contribution is 9.10. The van der Waals surface area contributed by atoms with Gasteiger partial charge in [0.2, 0.25) is 0 Å². The monoisotopic (exact) mass is 580 g/mol. The number of fused-ring (bicyclic) bond motifs is 2. The van der Waals surface area contributed by atoms with Crippen LogP contribution >= 0.6 is 15.9 Å². The van der Waals surface area contributed by atoms with Crippen molar-refractivity contribution >= 4 is 27.9 Å². The third-order valence-electron chi connectivity index (χ3n) is 8.09. The summed E-state index contributed by atoms with van der Waals surface area (Å²) in [6.45, 7) is 8.64. The molecule has 7 heteroatoms. The number of ether oxygens (including phenoxy) is 2. The lowest BCUT2D eigenvalue weighted by atomic mass is 9.79. The van der Waals surface area contributed by atoms with Gasteiger partial charge in [0, 0.05) is 15.9 Å². The van der Waals surface area contributed by atoms with Gasteiger partial charge < -0.3 is 19.4 Å². The second-order valence-electron chi connectivity index (χ2n) is 10.5. The van der Waals surface area contributed by atoms with Crippen molar-refractivity contribution in [2.45, 2.75) is 85.0 Å². The second-order valence-corrected chi connectivity index (χ2v) is 11.4. The van der Waals surface area contributed by atoms with Crippen molar-refractivity contribution in [1.82, 2.24) is 9.97 Å². The number of nitrogens with one attached hydrogen (secondary N) is 2. The predicted molar refractivity (Wildman–Crippen MR) is 151 cm³/mol. The number of halogens is 1. The first-order chi connectivity index (χ1) is 18.3. The molecule has 0 aliphatic heterocycles. The van der Waals surface area contributed by atoms with E-state index in [-0.39, 0.29) is 17.9 Å². The van der Waals surface area contributed by atoms with Crippen molar-refractivity contribution in [1.29, 1.82) is 0 Å². The van der Waals surface area contributed by atoms with Crippen molar-refractivity contribution < 1.29 is 19.1 Å². The molecule has 3 aromatic rings. The zero-order valence-electron chi connectivity index (χ0n) is 22.8. The van der Waals surface area contributed by atoms with Gasteiger partial charge in [-0.25, -0.2) is 9.59 Å². The summed E-state index contributed by atoms with van der Waals surface area (Å²) in [4.78, 5) is 33.3. The maximum absolute atomic E-state index is 13.1. The van der Waals surface area contributed by atoms with Gasteiger partial charge in [0.15, 0.2) is 0 Å². The molecule has 0 spiro atoms. The molecule has 0 saturated heterocycles. The summed E-state index contributed by atoms with van der Waals surface area (Å²) >= 11 is 3.67. The first-order valence-corrected chi connectivity index (χ1v) is 14.7. The lowest BCUT2D eigenvalue weighted by molar-refractivity contribution is 0.0509. The van der Waals surface area contributed by atoms with Crippen molar-refractivity contribution in [3.8, 4) is 0 Å². The van der Waals surface area contributed by atoms with Crippen molar-refractivity contribution in [3.05, 3.63) is 78.3 Å². The van der Waals surface area contributed by atoms with Gasteiger partial charge in [-0.1, -0.05) is 15.9 Å². The molecule has 0 saturated carbocycles. The van der Waals surface area contributed by atoms with E-state index in [1.807, 2.05) is 13.8 Å². The number of esters is 2. The van der Waals surface area contributed by atoms with Crippen LogP contribution in [0, 0.1) is 13.8 Å². The molecule has 38 heavy (non-hydrogen) atoms. The number of aromatic amines is 2. The third-order valence-corrected chi connectivity index (χ3v) is 8.55. The summed E-state index contributed by atoms with van der Waals surface area (Å²) in [6.07, 6.45) is 7.85. The molecule has 6 nitrogen and oxygen atoms in total. The molecular weight excluding hydrogens is 544 g/mol. The minimum Gasteiger partial charge on any atom is -0.461 e. The summed E-state index contributed by atoms with van der Waals surface area (Å²) in [6, 6.07) is 4.30. The van der Waals surface area contributed by atoms with Gasteiger partial charge in [-0.15, -0.1) is 0 Å². The molecule has 0 bridgehead atoms. The summed E-state index contributed by atoms with van der Waals surface area (Å²) in [5.41, 5.74) is 11.4. The summed E-state index contributed by atoms with van der Waals surface area (Å²) in [5, 5.41) is 0. The molecule has 2 N–H and O–H groups in total. The van der Waals surface area contributed by atoms with Crippen LogP contribution in [0.5, 0.6) is 0 Å².